The molecule has 0 radical (unpaired) electrons. The fourth-order valence-electron chi connectivity index (χ4n) is 2.21. The van der Waals surface area contributed by atoms with E-state index in [0.29, 0.717) is 8.83 Å². The van der Waals surface area contributed by atoms with E-state index in [2.05, 4.69) is 4.99 Å². The van der Waals surface area contributed by atoms with Gasteiger partial charge in [0.1, 0.15) is 0 Å². The highest BCUT2D eigenvalue weighted by molar-refractivity contribution is 7.85. The minimum atomic E-state index is -4.12. The Bertz CT molecular complexity index is 984. The van der Waals surface area contributed by atoms with Crippen LogP contribution in [0.2, 0.25) is 0 Å². The second-order valence-corrected chi connectivity index (χ2v) is 8.12. The molecule has 0 spiro atoms. The summed E-state index contributed by atoms with van der Waals surface area (Å²) in [5, 5.41) is 10.3. The monoisotopic (exact) mass is 368 g/mol. The molecular weight excluding hydrogens is 356 g/mol. The molecule has 1 aromatic heterocycles. The van der Waals surface area contributed by atoms with Crippen molar-refractivity contribution in [3.05, 3.63) is 38.7 Å². The molecule has 1 aromatic carbocycles. The van der Waals surface area contributed by atoms with Gasteiger partial charge in [0.15, 0.2) is 3.95 Å². The van der Waals surface area contributed by atoms with Gasteiger partial charge in [-0.3, -0.25) is 14.1 Å². The van der Waals surface area contributed by atoms with Crippen molar-refractivity contribution in [1.29, 1.82) is 0 Å². The molecule has 120 valence electrons. The van der Waals surface area contributed by atoms with Crippen LogP contribution in [0.3, 0.4) is 0 Å². The van der Waals surface area contributed by atoms with E-state index in [1.54, 1.807) is 12.3 Å². The molecule has 0 bridgehead atoms. The standard InChI is InChI=1S/C14H12N2O4S3/c17-13-12(22-14(21)16(13)5-6-23(18,19)20)7-9-8-15-11-4-2-1-3-10(9)11/h1-4,7-8,17H,5-6H2,(H,18,19,20)/b9-7+. The maximum atomic E-state index is 10.9. The topological polar surface area (TPSA) is 91.9 Å². The Balaban J connectivity index is 1.96. The van der Waals surface area contributed by atoms with Crippen LogP contribution in [0.4, 0.5) is 5.69 Å². The Labute approximate surface area is 141 Å². The van der Waals surface area contributed by atoms with Crippen LogP contribution < -0.4 is 0 Å². The van der Waals surface area contributed by atoms with Gasteiger partial charge in [0.05, 0.1) is 16.3 Å². The molecule has 0 saturated heterocycles. The van der Waals surface area contributed by atoms with Gasteiger partial charge in [0.2, 0.25) is 5.88 Å². The van der Waals surface area contributed by atoms with E-state index >= 15 is 0 Å². The molecule has 3 rings (SSSR count). The van der Waals surface area contributed by atoms with E-state index < -0.39 is 15.9 Å². The van der Waals surface area contributed by atoms with E-state index in [4.69, 9.17) is 16.8 Å². The zero-order valence-electron chi connectivity index (χ0n) is 11.7. The second kappa shape index (κ2) is 6.00. The predicted octanol–water partition coefficient (Wildman–Crippen LogP) is 3.13. The van der Waals surface area contributed by atoms with E-state index in [9.17, 15) is 13.5 Å². The van der Waals surface area contributed by atoms with Gasteiger partial charge in [0, 0.05) is 23.9 Å². The van der Waals surface area contributed by atoms with E-state index in [-0.39, 0.29) is 12.4 Å². The van der Waals surface area contributed by atoms with Crippen LogP contribution in [-0.2, 0) is 16.7 Å². The minimum Gasteiger partial charge on any atom is -0.493 e. The highest BCUT2D eigenvalue weighted by Crippen LogP contribution is 2.35. The Morgan fingerprint density at radius 2 is 2.09 bits per heavy atom. The summed E-state index contributed by atoms with van der Waals surface area (Å²) in [5.74, 6) is -0.625. The van der Waals surface area contributed by atoms with Gasteiger partial charge in [-0.15, -0.1) is 11.3 Å². The third-order valence-corrected chi connectivity index (χ3v) is 5.40. The van der Waals surface area contributed by atoms with Crippen molar-refractivity contribution in [3.8, 4) is 5.88 Å². The zero-order chi connectivity index (χ0) is 16.6. The molecule has 0 saturated carbocycles. The molecule has 0 amide bonds. The number of allylic oxidation sites excluding steroid dienone is 1. The average Bonchev–Trinajstić information content (AvgIpc) is 2.99. The van der Waals surface area contributed by atoms with Crippen molar-refractivity contribution >= 4 is 57.2 Å². The Morgan fingerprint density at radius 1 is 1.35 bits per heavy atom. The maximum Gasteiger partial charge on any atom is 0.266 e. The molecule has 6 nitrogen and oxygen atoms in total. The third-order valence-electron chi connectivity index (χ3n) is 3.31. The van der Waals surface area contributed by atoms with Crippen LogP contribution in [0.1, 0.15) is 10.4 Å². The van der Waals surface area contributed by atoms with Gasteiger partial charge in [-0.2, -0.15) is 8.42 Å². The Hall–Kier alpha value is -1.81. The fourth-order valence-corrected chi connectivity index (χ4v) is 3.93. The average molecular weight is 368 g/mol. The quantitative estimate of drug-likeness (QED) is 0.639. The van der Waals surface area contributed by atoms with Crippen LogP contribution in [-0.4, -0.2) is 34.6 Å². The molecule has 1 aliphatic rings. The van der Waals surface area contributed by atoms with Crippen LogP contribution in [0, 0.1) is 3.95 Å². The number of nitrogens with zero attached hydrogens (tertiary/aromatic N) is 2. The molecular formula is C14H12N2O4S3. The van der Waals surface area contributed by atoms with Crippen LogP contribution in [0.25, 0.3) is 11.6 Å². The van der Waals surface area contributed by atoms with Crippen LogP contribution in [0.5, 0.6) is 5.88 Å². The fraction of sp³-hybridized carbons (Fsp3) is 0.143. The van der Waals surface area contributed by atoms with Gasteiger partial charge in [-0.05, 0) is 24.4 Å². The van der Waals surface area contributed by atoms with Crippen molar-refractivity contribution in [2.75, 3.05) is 5.75 Å². The highest BCUT2D eigenvalue weighted by Gasteiger charge is 2.16. The summed E-state index contributed by atoms with van der Waals surface area (Å²) in [4.78, 5) is 4.81. The first-order chi connectivity index (χ1) is 10.8. The van der Waals surface area contributed by atoms with Crippen molar-refractivity contribution < 1.29 is 18.1 Å². The molecule has 2 heterocycles. The molecule has 2 N–H and O–H groups in total. The molecule has 0 fully saturated rings. The number of hydrogen-bond donors (Lipinski definition) is 2. The molecule has 0 unspecified atom stereocenters. The van der Waals surface area contributed by atoms with E-state index in [0.717, 1.165) is 16.8 Å². The molecule has 1 aliphatic heterocycles. The second-order valence-electron chi connectivity index (χ2n) is 4.87. The van der Waals surface area contributed by atoms with Crippen LogP contribution >= 0.6 is 23.6 Å². The van der Waals surface area contributed by atoms with Gasteiger partial charge >= 0.3 is 0 Å². The number of rotatable bonds is 4. The van der Waals surface area contributed by atoms with Gasteiger partial charge < -0.3 is 5.11 Å². The Morgan fingerprint density at radius 3 is 2.83 bits per heavy atom. The van der Waals surface area contributed by atoms with E-state index in [1.807, 2.05) is 24.3 Å². The number of aromatic hydroxyl groups is 1. The number of hydrogen-bond acceptors (Lipinski definition) is 6. The third kappa shape index (κ3) is 3.42. The molecule has 23 heavy (non-hydrogen) atoms. The lowest BCUT2D eigenvalue weighted by molar-refractivity contribution is 0.416. The normalized spacial score (nSPS) is 15.3. The predicted molar refractivity (Wildman–Crippen MR) is 93.7 cm³/mol. The summed E-state index contributed by atoms with van der Waals surface area (Å²) in [6.07, 6.45) is 3.46. The number of thiazole rings is 1. The largest absolute Gasteiger partial charge is 0.493 e. The highest BCUT2D eigenvalue weighted by atomic mass is 32.2. The number of benzene rings is 1. The minimum absolute atomic E-state index is 0.103. The van der Waals surface area contributed by atoms with Crippen LogP contribution in [0.15, 0.2) is 29.3 Å². The van der Waals surface area contributed by atoms with Gasteiger partial charge in [-0.25, -0.2) is 0 Å². The van der Waals surface area contributed by atoms with Gasteiger partial charge in [-0.1, -0.05) is 18.2 Å². The molecule has 0 aliphatic carbocycles. The zero-order valence-corrected chi connectivity index (χ0v) is 14.2. The summed E-state index contributed by atoms with van der Waals surface area (Å²) in [7, 11) is -4.12. The summed E-state index contributed by atoms with van der Waals surface area (Å²) in [6.45, 7) is -0.103. The lowest BCUT2D eigenvalue weighted by Gasteiger charge is -2.03. The first-order valence-electron chi connectivity index (χ1n) is 6.58. The first-order valence-corrected chi connectivity index (χ1v) is 9.41. The summed E-state index contributed by atoms with van der Waals surface area (Å²) >= 11 is 6.32. The van der Waals surface area contributed by atoms with Crippen molar-refractivity contribution in [1.82, 2.24) is 4.57 Å². The Kier molecular flexibility index (Phi) is 4.19. The lowest BCUT2D eigenvalue weighted by atomic mass is 10.1. The lowest BCUT2D eigenvalue weighted by Crippen LogP contribution is -2.11. The van der Waals surface area contributed by atoms with Gasteiger partial charge in [0.25, 0.3) is 10.1 Å². The molecule has 0 atom stereocenters. The van der Waals surface area contributed by atoms with E-state index in [1.165, 1.54) is 15.9 Å². The summed E-state index contributed by atoms with van der Waals surface area (Å²) in [5.41, 5.74) is 2.65. The first kappa shape index (κ1) is 16.1. The summed E-state index contributed by atoms with van der Waals surface area (Å²) < 4.78 is 32.1. The summed E-state index contributed by atoms with van der Waals surface area (Å²) in [6, 6.07) is 7.62. The smallest absolute Gasteiger partial charge is 0.266 e. The molecule has 9 heteroatoms. The number of fused-ring (bicyclic) bond motifs is 1. The SMILES string of the molecule is O=S(=O)(O)CCn1c(O)c(/C=C2\C=Nc3ccccc32)sc1=S. The number of aliphatic imine (C=N–C) groups is 1. The number of aromatic nitrogens is 1. The van der Waals surface area contributed by atoms with Crippen molar-refractivity contribution in [2.45, 2.75) is 6.54 Å². The number of para-hydroxylation sites is 1. The maximum absolute atomic E-state index is 10.9. The van der Waals surface area contributed by atoms with Crippen molar-refractivity contribution in [2.24, 2.45) is 4.99 Å². The molecule has 2 aromatic rings. The van der Waals surface area contributed by atoms with Crippen molar-refractivity contribution in [3.63, 3.8) is 0 Å².